The lowest BCUT2D eigenvalue weighted by Gasteiger charge is -2.11. The zero-order valence-corrected chi connectivity index (χ0v) is 22.5. The van der Waals surface area contributed by atoms with Gasteiger partial charge in [0, 0.05) is 24.4 Å². The minimum absolute atomic E-state index is 0.645. The summed E-state index contributed by atoms with van der Waals surface area (Å²) < 4.78 is 0. The average molecular weight is 459 g/mol. The van der Waals surface area contributed by atoms with E-state index in [1.165, 1.54) is 47.3 Å². The Hall–Kier alpha value is -0.900. The molecule has 3 aromatic rings. The van der Waals surface area contributed by atoms with E-state index in [-0.39, 0.29) is 0 Å². The fourth-order valence-corrected chi connectivity index (χ4v) is 7.84. The van der Waals surface area contributed by atoms with E-state index in [0.717, 1.165) is 0 Å². The minimum atomic E-state index is 0.645. The number of thiophene rings is 3. The van der Waals surface area contributed by atoms with Gasteiger partial charge < -0.3 is 0 Å². The van der Waals surface area contributed by atoms with Crippen molar-refractivity contribution in [1.29, 1.82) is 0 Å². The fourth-order valence-electron chi connectivity index (χ4n) is 4.31. The van der Waals surface area contributed by atoms with Gasteiger partial charge in [-0.1, -0.05) is 27.7 Å². The molecule has 0 fully saturated rings. The highest BCUT2D eigenvalue weighted by Gasteiger charge is 2.16. The van der Waals surface area contributed by atoms with E-state index in [9.17, 15) is 0 Å². The summed E-state index contributed by atoms with van der Waals surface area (Å²) >= 11 is 6.01. The normalized spacial score (nSPS) is 13.9. The molecule has 30 heavy (non-hydrogen) atoms. The van der Waals surface area contributed by atoms with Gasteiger partial charge in [-0.25, -0.2) is 0 Å². The minimum Gasteiger partial charge on any atom is -0.148 e. The third kappa shape index (κ3) is 5.47. The third-order valence-electron chi connectivity index (χ3n) is 6.50. The molecule has 0 aliphatic heterocycles. The van der Waals surface area contributed by atoms with Crippen molar-refractivity contribution in [3.63, 3.8) is 0 Å². The topological polar surface area (TPSA) is 0 Å². The van der Waals surface area contributed by atoms with E-state index in [1.807, 2.05) is 34.0 Å². The van der Waals surface area contributed by atoms with E-state index in [1.54, 1.807) is 25.1 Å². The molecule has 2 unspecified atom stereocenters. The summed E-state index contributed by atoms with van der Waals surface area (Å²) in [6, 6.07) is 4.94. The van der Waals surface area contributed by atoms with Crippen molar-refractivity contribution >= 4 is 34.0 Å². The Labute approximate surface area is 196 Å². The highest BCUT2D eigenvalue weighted by molar-refractivity contribution is 7.12. The van der Waals surface area contributed by atoms with Crippen molar-refractivity contribution in [3.8, 4) is 0 Å². The standard InChI is InChI=1S/C27H38S3/c1-16(2)26-19(5)13-24(30-26)12-10-17(3)25-14-23(22(8)29-25)11-9-18(4)27-21(7)20(6)15-28-27/h13-18H,9-12H2,1-8H3. The van der Waals surface area contributed by atoms with Crippen molar-refractivity contribution in [2.24, 2.45) is 0 Å². The van der Waals surface area contributed by atoms with Gasteiger partial charge in [-0.3, -0.25) is 0 Å². The predicted octanol–water partition coefficient (Wildman–Crippen LogP) is 9.70. The van der Waals surface area contributed by atoms with Crippen molar-refractivity contribution in [3.05, 3.63) is 64.2 Å². The third-order valence-corrected chi connectivity index (χ3v) is 10.9. The van der Waals surface area contributed by atoms with Gasteiger partial charge in [0.1, 0.15) is 0 Å². The maximum atomic E-state index is 2.52. The molecular formula is C27H38S3. The SMILES string of the molecule is Cc1cc(CCC(C)c2cc(CCC(C)c3scc(C)c3C)c(C)s2)sc1C(C)C. The molecule has 0 aliphatic carbocycles. The number of rotatable bonds is 9. The molecule has 3 heterocycles. The summed E-state index contributed by atoms with van der Waals surface area (Å²) in [7, 11) is 0. The molecule has 0 spiro atoms. The van der Waals surface area contributed by atoms with Crippen LogP contribution < -0.4 is 0 Å². The number of aryl methyl sites for hydroxylation is 5. The Bertz CT molecular complexity index is 967. The van der Waals surface area contributed by atoms with Crippen LogP contribution in [0.5, 0.6) is 0 Å². The summed E-state index contributed by atoms with van der Waals surface area (Å²) in [6.45, 7) is 18.5. The largest absolute Gasteiger partial charge is 0.148 e. The molecule has 3 heteroatoms. The second-order valence-corrected chi connectivity index (χ2v) is 12.8. The smallest absolute Gasteiger partial charge is 0.0105 e. The molecule has 0 bridgehead atoms. The molecule has 0 saturated heterocycles. The van der Waals surface area contributed by atoms with E-state index in [4.69, 9.17) is 0 Å². The summed E-state index contributed by atoms with van der Waals surface area (Å²) in [5.41, 5.74) is 6.02. The fraction of sp³-hybridized carbons (Fsp3) is 0.556. The first kappa shape index (κ1) is 23.8. The maximum Gasteiger partial charge on any atom is 0.0105 e. The average Bonchev–Trinajstić information content (AvgIpc) is 3.36. The highest BCUT2D eigenvalue weighted by Crippen LogP contribution is 2.36. The lowest BCUT2D eigenvalue weighted by molar-refractivity contribution is 0.681. The monoisotopic (exact) mass is 458 g/mol. The molecule has 0 aliphatic rings. The molecule has 3 rings (SSSR count). The maximum absolute atomic E-state index is 2.52. The number of hydrogen-bond donors (Lipinski definition) is 0. The molecule has 0 N–H and O–H groups in total. The van der Waals surface area contributed by atoms with E-state index < -0.39 is 0 Å². The summed E-state index contributed by atoms with van der Waals surface area (Å²) in [6.07, 6.45) is 4.91. The van der Waals surface area contributed by atoms with Gasteiger partial charge in [-0.2, -0.15) is 0 Å². The zero-order valence-electron chi connectivity index (χ0n) is 20.0. The Kier molecular flexibility index (Phi) is 8.03. The van der Waals surface area contributed by atoms with Crippen molar-refractivity contribution < 1.29 is 0 Å². The summed E-state index contributed by atoms with van der Waals surface area (Å²) in [5.74, 6) is 1.95. The van der Waals surface area contributed by atoms with Gasteiger partial charge in [0.05, 0.1) is 0 Å². The first-order chi connectivity index (χ1) is 14.2. The molecule has 0 saturated carbocycles. The molecule has 0 nitrogen and oxygen atoms in total. The Balaban J connectivity index is 1.58. The van der Waals surface area contributed by atoms with Crippen LogP contribution in [0.1, 0.15) is 105 Å². The molecule has 0 amide bonds. The van der Waals surface area contributed by atoms with E-state index in [2.05, 4.69) is 72.9 Å². The number of hydrogen-bond acceptors (Lipinski definition) is 3. The van der Waals surface area contributed by atoms with E-state index >= 15 is 0 Å². The van der Waals surface area contributed by atoms with Crippen LogP contribution in [0.4, 0.5) is 0 Å². The van der Waals surface area contributed by atoms with Gasteiger partial charge in [-0.15, -0.1) is 34.0 Å². The van der Waals surface area contributed by atoms with Crippen molar-refractivity contribution in [1.82, 2.24) is 0 Å². The zero-order chi connectivity index (χ0) is 22.0. The molecule has 0 aromatic carbocycles. The van der Waals surface area contributed by atoms with Crippen molar-refractivity contribution in [2.75, 3.05) is 0 Å². The summed E-state index contributed by atoms with van der Waals surface area (Å²) in [4.78, 5) is 7.82. The van der Waals surface area contributed by atoms with Crippen LogP contribution in [-0.4, -0.2) is 0 Å². The Morgan fingerprint density at radius 3 is 2.07 bits per heavy atom. The first-order valence-corrected chi connectivity index (χ1v) is 13.9. The summed E-state index contributed by atoms with van der Waals surface area (Å²) in [5, 5.41) is 2.32. The Morgan fingerprint density at radius 1 is 0.767 bits per heavy atom. The molecule has 2 atom stereocenters. The van der Waals surface area contributed by atoms with E-state index in [0.29, 0.717) is 17.8 Å². The Morgan fingerprint density at radius 2 is 1.47 bits per heavy atom. The second kappa shape index (κ2) is 10.1. The van der Waals surface area contributed by atoms with Crippen molar-refractivity contribution in [2.45, 2.75) is 98.8 Å². The van der Waals surface area contributed by atoms with Crippen LogP contribution in [-0.2, 0) is 12.8 Å². The quantitative estimate of drug-likeness (QED) is 0.299. The first-order valence-electron chi connectivity index (χ1n) is 11.4. The lowest BCUT2D eigenvalue weighted by atomic mass is 9.96. The molecule has 3 aromatic heterocycles. The van der Waals surface area contributed by atoms with Gasteiger partial charge in [0.25, 0.3) is 0 Å². The van der Waals surface area contributed by atoms with Gasteiger partial charge in [-0.05, 0) is 111 Å². The van der Waals surface area contributed by atoms with Crippen LogP contribution in [0.2, 0.25) is 0 Å². The molecular weight excluding hydrogens is 420 g/mol. The molecule has 164 valence electrons. The van der Waals surface area contributed by atoms with Gasteiger partial charge in [0.2, 0.25) is 0 Å². The second-order valence-electron chi connectivity index (χ2n) is 9.43. The molecule has 0 radical (unpaired) electrons. The van der Waals surface area contributed by atoms with Crippen LogP contribution in [0.15, 0.2) is 17.5 Å². The lowest BCUT2D eigenvalue weighted by Crippen LogP contribution is -1.97. The van der Waals surface area contributed by atoms with Crippen LogP contribution in [0, 0.1) is 27.7 Å². The van der Waals surface area contributed by atoms with Crippen LogP contribution in [0.3, 0.4) is 0 Å². The predicted molar refractivity (Wildman–Crippen MR) is 139 cm³/mol. The van der Waals surface area contributed by atoms with Gasteiger partial charge >= 0.3 is 0 Å². The van der Waals surface area contributed by atoms with Crippen LogP contribution in [0.25, 0.3) is 0 Å². The highest BCUT2D eigenvalue weighted by atomic mass is 32.1. The van der Waals surface area contributed by atoms with Gasteiger partial charge in [0.15, 0.2) is 0 Å². The van der Waals surface area contributed by atoms with Crippen LogP contribution >= 0.6 is 34.0 Å².